The predicted octanol–water partition coefficient (Wildman–Crippen LogP) is 2.08. The molecule has 0 aliphatic carbocycles. The van der Waals surface area contributed by atoms with Crippen LogP contribution in [-0.4, -0.2) is 56.2 Å². The molecule has 1 aromatic carbocycles. The molecule has 1 N–H and O–H groups in total. The van der Waals surface area contributed by atoms with E-state index in [2.05, 4.69) is 11.4 Å². The van der Waals surface area contributed by atoms with Crippen LogP contribution in [0.1, 0.15) is 43.6 Å². The molecular formula is C20H28N2O4. The molecule has 0 aromatic heterocycles. The highest BCUT2D eigenvalue weighted by atomic mass is 16.5. The van der Waals surface area contributed by atoms with Gasteiger partial charge in [0.1, 0.15) is 5.75 Å². The number of nitrogens with one attached hydrogen (secondary N) is 1. The van der Waals surface area contributed by atoms with E-state index in [0.717, 1.165) is 30.6 Å². The number of methoxy groups -OCH3 is 2. The first kappa shape index (κ1) is 18.7. The maximum absolute atomic E-state index is 12.7. The van der Waals surface area contributed by atoms with Crippen LogP contribution in [0.3, 0.4) is 0 Å². The van der Waals surface area contributed by atoms with Crippen molar-refractivity contribution in [3.63, 3.8) is 0 Å². The van der Waals surface area contributed by atoms with Crippen molar-refractivity contribution in [3.05, 3.63) is 29.8 Å². The van der Waals surface area contributed by atoms with Gasteiger partial charge in [-0.15, -0.1) is 0 Å². The average molecular weight is 360 g/mol. The fraction of sp³-hybridized carbons (Fsp3) is 0.600. The van der Waals surface area contributed by atoms with E-state index in [0.29, 0.717) is 26.0 Å². The van der Waals surface area contributed by atoms with Crippen LogP contribution >= 0.6 is 0 Å². The van der Waals surface area contributed by atoms with E-state index in [9.17, 15) is 9.59 Å². The quantitative estimate of drug-likeness (QED) is 0.873. The number of hydrogen-bond acceptors (Lipinski definition) is 4. The minimum absolute atomic E-state index is 0.0415. The van der Waals surface area contributed by atoms with E-state index < -0.39 is 0 Å². The van der Waals surface area contributed by atoms with Crippen molar-refractivity contribution in [2.45, 2.75) is 50.1 Å². The lowest BCUT2D eigenvalue weighted by Crippen LogP contribution is -2.48. The second-order valence-electron chi connectivity index (χ2n) is 7.08. The number of rotatable bonds is 5. The highest BCUT2D eigenvalue weighted by Crippen LogP contribution is 2.37. The van der Waals surface area contributed by atoms with Gasteiger partial charge in [0.2, 0.25) is 11.8 Å². The molecule has 6 nitrogen and oxygen atoms in total. The van der Waals surface area contributed by atoms with E-state index >= 15 is 0 Å². The average Bonchev–Trinajstić information content (AvgIpc) is 2.99. The van der Waals surface area contributed by atoms with Crippen molar-refractivity contribution < 1.29 is 19.1 Å². The number of hydrogen-bond donors (Lipinski definition) is 1. The zero-order valence-electron chi connectivity index (χ0n) is 15.6. The van der Waals surface area contributed by atoms with Crippen LogP contribution in [0.5, 0.6) is 5.75 Å². The Kier molecular flexibility index (Phi) is 6.14. The van der Waals surface area contributed by atoms with Crippen LogP contribution in [0.15, 0.2) is 24.3 Å². The van der Waals surface area contributed by atoms with Crippen LogP contribution < -0.4 is 10.1 Å². The second-order valence-corrected chi connectivity index (χ2v) is 7.08. The molecule has 2 saturated heterocycles. The van der Waals surface area contributed by atoms with E-state index in [-0.39, 0.29) is 29.8 Å². The van der Waals surface area contributed by atoms with Gasteiger partial charge in [-0.05, 0) is 30.5 Å². The van der Waals surface area contributed by atoms with Gasteiger partial charge in [-0.1, -0.05) is 18.6 Å². The Bertz CT molecular complexity index is 648. The fourth-order valence-electron chi connectivity index (χ4n) is 4.16. The van der Waals surface area contributed by atoms with Gasteiger partial charge >= 0.3 is 0 Å². The lowest BCUT2D eigenvalue weighted by molar-refractivity contribution is -0.134. The highest BCUT2D eigenvalue weighted by molar-refractivity contribution is 5.79. The number of benzene rings is 1. The molecule has 2 aliphatic heterocycles. The fourth-order valence-corrected chi connectivity index (χ4v) is 4.16. The molecule has 2 amide bonds. The molecule has 0 spiro atoms. The number of carbonyl (C=O) groups is 2. The maximum Gasteiger partial charge on any atom is 0.225 e. The van der Waals surface area contributed by atoms with Crippen molar-refractivity contribution in [2.24, 2.45) is 0 Å². The Morgan fingerprint density at radius 2 is 2.15 bits per heavy atom. The zero-order chi connectivity index (χ0) is 18.5. The molecular weight excluding hydrogens is 332 g/mol. The number of ether oxygens (including phenoxy) is 2. The molecule has 0 saturated carbocycles. The van der Waals surface area contributed by atoms with Gasteiger partial charge in [0.15, 0.2) is 0 Å². The first-order valence-corrected chi connectivity index (χ1v) is 9.35. The summed E-state index contributed by atoms with van der Waals surface area (Å²) < 4.78 is 10.4. The summed E-state index contributed by atoms with van der Waals surface area (Å²) in [5.74, 6) is 1.05. The molecule has 0 unspecified atom stereocenters. The van der Waals surface area contributed by atoms with Gasteiger partial charge < -0.3 is 19.7 Å². The van der Waals surface area contributed by atoms with Gasteiger partial charge in [0.25, 0.3) is 0 Å². The minimum Gasteiger partial charge on any atom is -0.497 e. The summed E-state index contributed by atoms with van der Waals surface area (Å²) in [6, 6.07) is 7.92. The molecule has 2 aliphatic rings. The molecule has 2 fully saturated rings. The number of nitrogens with zero attached hydrogens (tertiary/aromatic N) is 1. The largest absolute Gasteiger partial charge is 0.497 e. The van der Waals surface area contributed by atoms with Crippen molar-refractivity contribution in [2.75, 3.05) is 27.4 Å². The molecule has 6 heteroatoms. The number of amides is 2. The predicted molar refractivity (Wildman–Crippen MR) is 98.1 cm³/mol. The topological polar surface area (TPSA) is 67.9 Å². The van der Waals surface area contributed by atoms with Crippen molar-refractivity contribution in [3.8, 4) is 5.75 Å². The first-order valence-electron chi connectivity index (χ1n) is 9.35. The van der Waals surface area contributed by atoms with E-state index in [1.54, 1.807) is 14.2 Å². The second kappa shape index (κ2) is 8.54. The van der Waals surface area contributed by atoms with Crippen LogP contribution in [0, 0.1) is 0 Å². The summed E-state index contributed by atoms with van der Waals surface area (Å²) in [6.45, 7) is 1.04. The number of likely N-dealkylation sites (tertiary alicyclic amines) is 1. The molecule has 0 radical (unpaired) electrons. The standard InChI is InChI=1S/C20H28N2O4/c1-25-11-10-19(24)22-13-16(14-6-5-7-15(12-14)26-2)20-17(22)8-3-4-9-18(23)21-20/h5-7,12,16-17,20H,3-4,8-11,13H2,1-2H3,(H,21,23)/t16-,17+,20-/m0/s1. The van der Waals surface area contributed by atoms with Gasteiger partial charge in [0, 0.05) is 26.0 Å². The Balaban J connectivity index is 1.89. The normalized spacial score (nSPS) is 25.8. The van der Waals surface area contributed by atoms with E-state index in [1.807, 2.05) is 23.1 Å². The van der Waals surface area contributed by atoms with Crippen molar-refractivity contribution >= 4 is 11.8 Å². The Labute approximate surface area is 154 Å². The summed E-state index contributed by atoms with van der Waals surface area (Å²) >= 11 is 0. The third kappa shape index (κ3) is 4.01. The Morgan fingerprint density at radius 1 is 1.31 bits per heavy atom. The third-order valence-electron chi connectivity index (χ3n) is 5.49. The van der Waals surface area contributed by atoms with Crippen molar-refractivity contribution in [1.82, 2.24) is 10.2 Å². The van der Waals surface area contributed by atoms with Gasteiger partial charge in [-0.3, -0.25) is 9.59 Å². The Morgan fingerprint density at radius 3 is 2.92 bits per heavy atom. The van der Waals surface area contributed by atoms with Crippen LogP contribution in [0.25, 0.3) is 0 Å². The third-order valence-corrected chi connectivity index (χ3v) is 5.49. The maximum atomic E-state index is 12.7. The lowest BCUT2D eigenvalue weighted by atomic mass is 9.88. The highest BCUT2D eigenvalue weighted by Gasteiger charge is 2.45. The smallest absolute Gasteiger partial charge is 0.225 e. The molecule has 3 atom stereocenters. The molecule has 2 heterocycles. The van der Waals surface area contributed by atoms with E-state index in [1.165, 1.54) is 0 Å². The summed E-state index contributed by atoms with van der Waals surface area (Å²) in [5.41, 5.74) is 1.10. The molecule has 26 heavy (non-hydrogen) atoms. The monoisotopic (exact) mass is 360 g/mol. The molecule has 0 bridgehead atoms. The number of fused-ring (bicyclic) bond motifs is 1. The summed E-state index contributed by atoms with van der Waals surface area (Å²) in [6.07, 6.45) is 3.70. The van der Waals surface area contributed by atoms with Gasteiger partial charge in [-0.2, -0.15) is 0 Å². The lowest BCUT2D eigenvalue weighted by Gasteiger charge is -2.31. The summed E-state index contributed by atoms with van der Waals surface area (Å²) in [4.78, 5) is 27.0. The van der Waals surface area contributed by atoms with Gasteiger partial charge in [-0.25, -0.2) is 0 Å². The van der Waals surface area contributed by atoms with Crippen LogP contribution in [0.2, 0.25) is 0 Å². The first-order chi connectivity index (χ1) is 12.6. The minimum atomic E-state index is -0.0543. The Hall–Kier alpha value is -2.08. The SMILES string of the molecule is COCCC(=O)N1C[C@@H](c2cccc(OC)c2)[C@@H]2NC(=O)CCCC[C@H]21. The van der Waals surface area contributed by atoms with Crippen LogP contribution in [-0.2, 0) is 14.3 Å². The van der Waals surface area contributed by atoms with Gasteiger partial charge in [0.05, 0.1) is 32.2 Å². The molecule has 3 rings (SSSR count). The van der Waals surface area contributed by atoms with Crippen LogP contribution in [0.4, 0.5) is 0 Å². The number of carbonyl (C=O) groups excluding carboxylic acids is 2. The summed E-state index contributed by atoms with van der Waals surface area (Å²) in [5, 5.41) is 3.20. The van der Waals surface area contributed by atoms with Crippen molar-refractivity contribution in [1.29, 1.82) is 0 Å². The van der Waals surface area contributed by atoms with E-state index in [4.69, 9.17) is 9.47 Å². The zero-order valence-corrected chi connectivity index (χ0v) is 15.6. The summed E-state index contributed by atoms with van der Waals surface area (Å²) in [7, 11) is 3.25. The molecule has 1 aromatic rings. The molecule has 142 valence electrons.